The number of pyridine rings is 1. The van der Waals surface area contributed by atoms with Gasteiger partial charge in [-0.05, 0) is 67.8 Å². The predicted molar refractivity (Wildman–Crippen MR) is 92.8 cm³/mol. The van der Waals surface area contributed by atoms with Gasteiger partial charge in [-0.1, -0.05) is 12.8 Å². The Balaban J connectivity index is 1.72. The number of amides is 1. The second kappa shape index (κ2) is 6.57. The molecule has 1 aromatic carbocycles. The molecule has 1 amide bonds. The Bertz CT molecular complexity index is 786. The summed E-state index contributed by atoms with van der Waals surface area (Å²) in [5.41, 5.74) is 3.82. The average Bonchev–Trinajstić information content (AvgIpc) is 3.00. The molecule has 1 aliphatic rings. The van der Waals surface area contributed by atoms with E-state index in [-0.39, 0.29) is 11.5 Å². The molecule has 0 radical (unpaired) electrons. The molecular formula is C19H24N2O2. The molecule has 0 bridgehead atoms. The quantitative estimate of drug-likeness (QED) is 0.911. The second-order valence-corrected chi connectivity index (χ2v) is 6.70. The largest absolute Gasteiger partial charge is 0.353 e. The molecule has 2 aromatic rings. The first-order valence-corrected chi connectivity index (χ1v) is 8.45. The lowest BCUT2D eigenvalue weighted by Crippen LogP contribution is -2.33. The predicted octanol–water partition coefficient (Wildman–Crippen LogP) is 3.14. The maximum atomic E-state index is 12.2. The Labute approximate surface area is 136 Å². The van der Waals surface area contributed by atoms with Gasteiger partial charge in [-0.2, -0.15) is 0 Å². The Morgan fingerprint density at radius 3 is 2.61 bits per heavy atom. The second-order valence-electron chi connectivity index (χ2n) is 6.70. The van der Waals surface area contributed by atoms with Gasteiger partial charge in [0.15, 0.2) is 0 Å². The van der Waals surface area contributed by atoms with Crippen LogP contribution in [0.15, 0.2) is 23.0 Å². The number of aryl methyl sites for hydroxylation is 3. The summed E-state index contributed by atoms with van der Waals surface area (Å²) >= 11 is 0. The number of benzene rings is 1. The molecule has 1 aromatic heterocycles. The number of aromatic nitrogens is 1. The third-order valence-electron chi connectivity index (χ3n) is 4.88. The maximum Gasteiger partial charge on any atom is 0.251 e. The summed E-state index contributed by atoms with van der Waals surface area (Å²) in [7, 11) is 0. The number of hydrogen-bond donors (Lipinski definition) is 2. The summed E-state index contributed by atoms with van der Waals surface area (Å²) in [5.74, 6) is 0.0523. The molecule has 0 saturated heterocycles. The van der Waals surface area contributed by atoms with Crippen LogP contribution >= 0.6 is 0 Å². The number of nitrogens with one attached hydrogen (secondary N) is 2. The molecular weight excluding hydrogens is 288 g/mol. The van der Waals surface area contributed by atoms with E-state index >= 15 is 0 Å². The molecule has 1 fully saturated rings. The zero-order valence-corrected chi connectivity index (χ0v) is 13.9. The molecule has 1 heterocycles. The number of fused-ring (bicyclic) bond motifs is 1. The molecule has 0 atom stereocenters. The van der Waals surface area contributed by atoms with Crippen LogP contribution < -0.4 is 10.9 Å². The van der Waals surface area contributed by atoms with Gasteiger partial charge in [0.1, 0.15) is 0 Å². The van der Waals surface area contributed by atoms with Gasteiger partial charge in [0.2, 0.25) is 5.91 Å². The Morgan fingerprint density at radius 2 is 1.87 bits per heavy atom. The zero-order valence-electron chi connectivity index (χ0n) is 13.9. The van der Waals surface area contributed by atoms with Crippen molar-refractivity contribution in [3.63, 3.8) is 0 Å². The molecule has 0 spiro atoms. The van der Waals surface area contributed by atoms with Crippen LogP contribution in [-0.2, 0) is 11.2 Å². The average molecular weight is 312 g/mol. The minimum Gasteiger partial charge on any atom is -0.353 e. The van der Waals surface area contributed by atoms with Gasteiger partial charge in [-0.25, -0.2) is 0 Å². The van der Waals surface area contributed by atoms with E-state index < -0.39 is 0 Å². The van der Waals surface area contributed by atoms with Crippen molar-refractivity contribution in [2.24, 2.45) is 0 Å². The molecule has 0 aliphatic heterocycles. The maximum absolute atomic E-state index is 12.2. The van der Waals surface area contributed by atoms with Crippen molar-refractivity contribution >= 4 is 16.8 Å². The number of aromatic amines is 1. The first kappa shape index (κ1) is 15.8. The molecule has 4 nitrogen and oxygen atoms in total. The standard InChI is InChI=1S/C19H24N2O2/c1-12-9-15-11-14(19(23)21-17(15)10-13(12)2)7-8-18(22)20-16-5-3-4-6-16/h9-11,16H,3-8H2,1-2H3,(H,20,22)(H,21,23). The van der Waals surface area contributed by atoms with Gasteiger partial charge in [0, 0.05) is 23.5 Å². The highest BCUT2D eigenvalue weighted by Crippen LogP contribution is 2.19. The molecule has 2 N–H and O–H groups in total. The Hall–Kier alpha value is -2.10. The lowest BCUT2D eigenvalue weighted by molar-refractivity contribution is -0.121. The van der Waals surface area contributed by atoms with Crippen LogP contribution in [0.5, 0.6) is 0 Å². The van der Waals surface area contributed by atoms with Crippen LogP contribution in [0.2, 0.25) is 0 Å². The topological polar surface area (TPSA) is 62.0 Å². The van der Waals surface area contributed by atoms with Crippen molar-refractivity contribution < 1.29 is 4.79 Å². The molecule has 23 heavy (non-hydrogen) atoms. The molecule has 122 valence electrons. The first-order chi connectivity index (χ1) is 11.0. The van der Waals surface area contributed by atoms with E-state index in [1.165, 1.54) is 18.4 Å². The smallest absolute Gasteiger partial charge is 0.251 e. The van der Waals surface area contributed by atoms with E-state index in [0.717, 1.165) is 29.3 Å². The van der Waals surface area contributed by atoms with Gasteiger partial charge in [0.05, 0.1) is 0 Å². The fraction of sp³-hybridized carbons (Fsp3) is 0.474. The van der Waals surface area contributed by atoms with Crippen molar-refractivity contribution in [3.8, 4) is 0 Å². The lowest BCUT2D eigenvalue weighted by atomic mass is 10.0. The van der Waals surface area contributed by atoms with Crippen molar-refractivity contribution in [2.45, 2.75) is 58.4 Å². The number of hydrogen-bond acceptors (Lipinski definition) is 2. The minimum atomic E-state index is -0.0885. The third kappa shape index (κ3) is 3.63. The molecule has 0 unspecified atom stereocenters. The Kier molecular flexibility index (Phi) is 4.51. The summed E-state index contributed by atoms with van der Waals surface area (Å²) in [6, 6.07) is 6.34. The number of rotatable bonds is 4. The van der Waals surface area contributed by atoms with Crippen molar-refractivity contribution in [2.75, 3.05) is 0 Å². The molecule has 4 heteroatoms. The van der Waals surface area contributed by atoms with Gasteiger partial charge in [0.25, 0.3) is 5.56 Å². The molecule has 1 saturated carbocycles. The fourth-order valence-electron chi connectivity index (χ4n) is 3.33. The van der Waals surface area contributed by atoms with Gasteiger partial charge in [-0.3, -0.25) is 9.59 Å². The highest BCUT2D eigenvalue weighted by atomic mass is 16.1. The fourth-order valence-corrected chi connectivity index (χ4v) is 3.33. The van der Waals surface area contributed by atoms with Crippen molar-refractivity contribution in [1.82, 2.24) is 10.3 Å². The lowest BCUT2D eigenvalue weighted by Gasteiger charge is -2.11. The van der Waals surface area contributed by atoms with E-state index in [1.54, 1.807) is 0 Å². The van der Waals surface area contributed by atoms with E-state index in [9.17, 15) is 9.59 Å². The summed E-state index contributed by atoms with van der Waals surface area (Å²) in [6.45, 7) is 4.10. The van der Waals surface area contributed by atoms with Gasteiger partial charge < -0.3 is 10.3 Å². The number of H-pyrrole nitrogens is 1. The number of carbonyl (C=O) groups is 1. The minimum absolute atomic E-state index is 0.0523. The summed E-state index contributed by atoms with van der Waals surface area (Å²) in [6.07, 6.45) is 5.43. The Morgan fingerprint density at radius 1 is 1.17 bits per heavy atom. The molecule has 1 aliphatic carbocycles. The van der Waals surface area contributed by atoms with E-state index in [4.69, 9.17) is 0 Å². The van der Waals surface area contributed by atoms with Crippen LogP contribution in [0.4, 0.5) is 0 Å². The normalized spacial score (nSPS) is 15.2. The zero-order chi connectivity index (χ0) is 16.4. The van der Waals surface area contributed by atoms with E-state index in [1.807, 2.05) is 19.1 Å². The van der Waals surface area contributed by atoms with E-state index in [2.05, 4.69) is 23.3 Å². The number of carbonyl (C=O) groups excluding carboxylic acids is 1. The SMILES string of the molecule is Cc1cc2cc(CCC(=O)NC3CCCC3)c(=O)[nH]c2cc1C. The van der Waals surface area contributed by atoms with Gasteiger partial charge >= 0.3 is 0 Å². The van der Waals surface area contributed by atoms with E-state index in [0.29, 0.717) is 24.4 Å². The van der Waals surface area contributed by atoms with Crippen LogP contribution in [-0.4, -0.2) is 16.9 Å². The van der Waals surface area contributed by atoms with Crippen LogP contribution in [0, 0.1) is 13.8 Å². The van der Waals surface area contributed by atoms with Crippen LogP contribution in [0.3, 0.4) is 0 Å². The summed E-state index contributed by atoms with van der Waals surface area (Å²) < 4.78 is 0. The monoisotopic (exact) mass is 312 g/mol. The highest BCUT2D eigenvalue weighted by molar-refractivity contribution is 5.81. The van der Waals surface area contributed by atoms with Crippen LogP contribution in [0.25, 0.3) is 10.9 Å². The van der Waals surface area contributed by atoms with Crippen molar-refractivity contribution in [1.29, 1.82) is 0 Å². The summed E-state index contributed by atoms with van der Waals surface area (Å²) in [5, 5.41) is 4.10. The third-order valence-corrected chi connectivity index (χ3v) is 4.88. The molecule has 3 rings (SSSR count). The van der Waals surface area contributed by atoms with Crippen molar-refractivity contribution in [3.05, 3.63) is 45.2 Å². The van der Waals surface area contributed by atoms with Gasteiger partial charge in [-0.15, -0.1) is 0 Å². The highest BCUT2D eigenvalue weighted by Gasteiger charge is 2.17. The first-order valence-electron chi connectivity index (χ1n) is 8.45. The van der Waals surface area contributed by atoms with Crippen LogP contribution in [0.1, 0.15) is 48.8 Å². The summed E-state index contributed by atoms with van der Waals surface area (Å²) in [4.78, 5) is 27.2.